The zero-order valence-electron chi connectivity index (χ0n) is 8.54. The highest BCUT2D eigenvalue weighted by atomic mass is 16.6. The van der Waals surface area contributed by atoms with E-state index in [-0.39, 0.29) is 11.5 Å². The lowest BCUT2D eigenvalue weighted by molar-refractivity contribution is -0.385. The van der Waals surface area contributed by atoms with Gasteiger partial charge in [0, 0.05) is 14.1 Å². The van der Waals surface area contributed by atoms with E-state index in [1.807, 2.05) is 14.1 Å². The number of pyridine rings is 1. The third-order valence-corrected chi connectivity index (χ3v) is 1.68. The number of nitrogens with two attached hydrogens (primary N) is 1. The van der Waals surface area contributed by atoms with Crippen LogP contribution in [0, 0.1) is 10.1 Å². The van der Waals surface area contributed by atoms with Gasteiger partial charge >= 0.3 is 0 Å². The highest BCUT2D eigenvalue weighted by Gasteiger charge is 2.11. The minimum absolute atomic E-state index is 0.0534. The van der Waals surface area contributed by atoms with Crippen LogP contribution in [0.3, 0.4) is 0 Å². The fourth-order valence-electron chi connectivity index (χ4n) is 0.996. The summed E-state index contributed by atoms with van der Waals surface area (Å²) >= 11 is 0. The molecule has 1 aromatic rings. The molecular formula is C9H12N4O2. The maximum Gasteiger partial charge on any atom is 0.294 e. The summed E-state index contributed by atoms with van der Waals surface area (Å²) in [5.41, 5.74) is 5.84. The molecule has 1 rings (SSSR count). The zero-order chi connectivity index (χ0) is 11.4. The van der Waals surface area contributed by atoms with Gasteiger partial charge in [-0.05, 0) is 18.3 Å². The second-order valence-corrected chi connectivity index (χ2v) is 3.20. The lowest BCUT2D eigenvalue weighted by Crippen LogP contribution is -2.01. The molecule has 6 heteroatoms. The number of hydrogen-bond donors (Lipinski definition) is 1. The Labute approximate surface area is 87.2 Å². The summed E-state index contributed by atoms with van der Waals surface area (Å²) in [5.74, 6) is 0.263. The first-order valence-corrected chi connectivity index (χ1v) is 4.25. The molecule has 0 fully saturated rings. The van der Waals surface area contributed by atoms with Crippen molar-refractivity contribution in [3.63, 3.8) is 0 Å². The van der Waals surface area contributed by atoms with Gasteiger partial charge in [0.25, 0.3) is 5.69 Å². The molecule has 0 bridgehead atoms. The number of anilines is 1. The summed E-state index contributed by atoms with van der Waals surface area (Å²) in [6.07, 6.45) is 4.49. The maximum absolute atomic E-state index is 10.7. The average Bonchev–Trinajstić information content (AvgIpc) is 2.14. The molecule has 1 heterocycles. The number of rotatable bonds is 3. The molecule has 0 aliphatic carbocycles. The highest BCUT2D eigenvalue weighted by molar-refractivity contribution is 5.62. The molecule has 0 aliphatic heterocycles. The lowest BCUT2D eigenvalue weighted by atomic mass is 10.2. The standard InChI is InChI=1S/C9H12N4O2/c1-12(2)4-3-7-5-9(10)11-6-8(7)13(14)15/h3-6H,1-2H3,(H2,10,11)/b4-3+. The summed E-state index contributed by atoms with van der Waals surface area (Å²) in [6.45, 7) is 0. The summed E-state index contributed by atoms with van der Waals surface area (Å²) in [5, 5.41) is 10.7. The van der Waals surface area contributed by atoms with E-state index < -0.39 is 4.92 Å². The van der Waals surface area contributed by atoms with Gasteiger partial charge in [-0.15, -0.1) is 0 Å². The Morgan fingerprint density at radius 1 is 1.60 bits per heavy atom. The lowest BCUT2D eigenvalue weighted by Gasteiger charge is -2.03. The van der Waals surface area contributed by atoms with Crippen LogP contribution in [0.2, 0.25) is 0 Å². The molecule has 0 unspecified atom stereocenters. The molecule has 0 saturated heterocycles. The molecule has 0 amide bonds. The van der Waals surface area contributed by atoms with Gasteiger partial charge in [-0.1, -0.05) is 0 Å². The van der Waals surface area contributed by atoms with E-state index in [1.165, 1.54) is 6.07 Å². The van der Waals surface area contributed by atoms with Gasteiger partial charge in [0.1, 0.15) is 12.0 Å². The van der Waals surface area contributed by atoms with Gasteiger partial charge in [-0.2, -0.15) is 0 Å². The first-order valence-electron chi connectivity index (χ1n) is 4.25. The van der Waals surface area contributed by atoms with Crippen LogP contribution in [-0.4, -0.2) is 28.9 Å². The van der Waals surface area contributed by atoms with Crippen molar-refractivity contribution < 1.29 is 4.92 Å². The smallest absolute Gasteiger partial charge is 0.294 e. The monoisotopic (exact) mass is 208 g/mol. The molecule has 2 N–H and O–H groups in total. The highest BCUT2D eigenvalue weighted by Crippen LogP contribution is 2.20. The van der Waals surface area contributed by atoms with Crippen LogP contribution in [0.15, 0.2) is 18.5 Å². The fourth-order valence-corrected chi connectivity index (χ4v) is 0.996. The normalized spacial score (nSPS) is 10.5. The first-order chi connectivity index (χ1) is 7.00. The van der Waals surface area contributed by atoms with E-state index in [0.29, 0.717) is 5.56 Å². The second-order valence-electron chi connectivity index (χ2n) is 3.20. The van der Waals surface area contributed by atoms with Crippen molar-refractivity contribution in [2.24, 2.45) is 0 Å². The maximum atomic E-state index is 10.7. The summed E-state index contributed by atoms with van der Waals surface area (Å²) < 4.78 is 0. The van der Waals surface area contributed by atoms with Crippen molar-refractivity contribution in [1.29, 1.82) is 0 Å². The van der Waals surface area contributed by atoms with Gasteiger partial charge in [0.05, 0.1) is 10.5 Å². The largest absolute Gasteiger partial charge is 0.384 e. The van der Waals surface area contributed by atoms with Gasteiger partial charge in [0.15, 0.2) is 0 Å². The minimum atomic E-state index is -0.484. The van der Waals surface area contributed by atoms with Crippen LogP contribution in [0.5, 0.6) is 0 Å². The number of nitrogen functional groups attached to an aromatic ring is 1. The van der Waals surface area contributed by atoms with Crippen molar-refractivity contribution in [1.82, 2.24) is 9.88 Å². The van der Waals surface area contributed by atoms with Crippen molar-refractivity contribution >= 4 is 17.6 Å². The Kier molecular flexibility index (Phi) is 3.22. The fraction of sp³-hybridized carbons (Fsp3) is 0.222. The molecule has 15 heavy (non-hydrogen) atoms. The number of nitro groups is 1. The Balaban J connectivity index is 3.13. The third-order valence-electron chi connectivity index (χ3n) is 1.68. The molecule has 6 nitrogen and oxygen atoms in total. The van der Waals surface area contributed by atoms with Crippen molar-refractivity contribution in [2.45, 2.75) is 0 Å². The van der Waals surface area contributed by atoms with Crippen LogP contribution in [0.1, 0.15) is 5.56 Å². The van der Waals surface area contributed by atoms with Crippen LogP contribution >= 0.6 is 0 Å². The Bertz CT molecular complexity index is 401. The zero-order valence-corrected chi connectivity index (χ0v) is 8.54. The number of nitrogens with zero attached hydrogens (tertiary/aromatic N) is 3. The Morgan fingerprint density at radius 3 is 2.80 bits per heavy atom. The van der Waals surface area contributed by atoms with E-state index in [9.17, 15) is 10.1 Å². The molecule has 1 aromatic heterocycles. The molecule has 0 aromatic carbocycles. The van der Waals surface area contributed by atoms with E-state index in [2.05, 4.69) is 4.98 Å². The Hall–Kier alpha value is -2.11. The Morgan fingerprint density at radius 2 is 2.27 bits per heavy atom. The van der Waals surface area contributed by atoms with Crippen LogP contribution in [-0.2, 0) is 0 Å². The molecular weight excluding hydrogens is 196 g/mol. The summed E-state index contributed by atoms with van der Waals surface area (Å²) in [4.78, 5) is 15.6. The van der Waals surface area contributed by atoms with Crippen LogP contribution in [0.25, 0.3) is 6.08 Å². The predicted octanol–water partition coefficient (Wildman–Crippen LogP) is 1.10. The number of hydrogen-bond acceptors (Lipinski definition) is 5. The summed E-state index contributed by atoms with van der Waals surface area (Å²) in [7, 11) is 3.65. The van der Waals surface area contributed by atoms with Gasteiger partial charge < -0.3 is 10.6 Å². The molecule has 0 saturated carbocycles. The van der Waals surface area contributed by atoms with E-state index >= 15 is 0 Å². The quantitative estimate of drug-likeness (QED) is 0.594. The van der Waals surface area contributed by atoms with E-state index in [4.69, 9.17) is 5.73 Å². The molecule has 80 valence electrons. The van der Waals surface area contributed by atoms with Crippen molar-refractivity contribution in [2.75, 3.05) is 19.8 Å². The number of aromatic nitrogens is 1. The first kappa shape index (κ1) is 11.0. The topological polar surface area (TPSA) is 85.3 Å². The van der Waals surface area contributed by atoms with Gasteiger partial charge in [-0.3, -0.25) is 10.1 Å². The van der Waals surface area contributed by atoms with Crippen LogP contribution < -0.4 is 5.73 Å². The second kappa shape index (κ2) is 4.41. The third kappa shape index (κ3) is 2.94. The molecule has 0 radical (unpaired) electrons. The summed E-state index contributed by atoms with van der Waals surface area (Å²) in [6, 6.07) is 1.47. The van der Waals surface area contributed by atoms with Crippen molar-refractivity contribution in [3.05, 3.63) is 34.1 Å². The van der Waals surface area contributed by atoms with E-state index in [0.717, 1.165) is 6.20 Å². The molecule has 0 aliphatic rings. The average molecular weight is 208 g/mol. The van der Waals surface area contributed by atoms with Gasteiger partial charge in [0.2, 0.25) is 0 Å². The van der Waals surface area contributed by atoms with Crippen molar-refractivity contribution in [3.8, 4) is 0 Å². The van der Waals surface area contributed by atoms with Crippen LogP contribution in [0.4, 0.5) is 11.5 Å². The minimum Gasteiger partial charge on any atom is -0.384 e. The van der Waals surface area contributed by atoms with Gasteiger partial charge in [-0.25, -0.2) is 4.98 Å². The molecule has 0 spiro atoms. The predicted molar refractivity (Wildman–Crippen MR) is 58.0 cm³/mol. The molecule has 0 atom stereocenters. The SMILES string of the molecule is CN(C)/C=C/c1cc(N)ncc1[N+](=O)[O-]. The van der Waals surface area contributed by atoms with E-state index in [1.54, 1.807) is 17.2 Å².